The van der Waals surface area contributed by atoms with Gasteiger partial charge in [-0.25, -0.2) is 0 Å². The van der Waals surface area contributed by atoms with Crippen LogP contribution in [0.15, 0.2) is 34.9 Å². The molecular weight excluding hydrogens is 176 g/mol. The number of fused-ring (bicyclic) bond motifs is 1. The predicted molar refractivity (Wildman–Crippen MR) is 56.2 cm³/mol. The highest BCUT2D eigenvalue weighted by Gasteiger charge is 2.03. The summed E-state index contributed by atoms with van der Waals surface area (Å²) in [6.45, 7) is 3.55. The van der Waals surface area contributed by atoms with E-state index in [1.165, 1.54) is 0 Å². The zero-order valence-corrected chi connectivity index (χ0v) is 8.32. The van der Waals surface area contributed by atoms with Gasteiger partial charge in [-0.3, -0.25) is 0 Å². The van der Waals surface area contributed by atoms with Crippen LogP contribution in [0, 0.1) is 0 Å². The van der Waals surface area contributed by atoms with E-state index in [1.807, 2.05) is 18.2 Å². The standard InChI is InChI=1S/C12H14O2/c1-2-7-13-8-10-9-14-12-6-4-3-5-11(10)12/h3-6,9H,2,7-8H2,1H3. The molecule has 0 aliphatic rings. The smallest absolute Gasteiger partial charge is 0.134 e. The van der Waals surface area contributed by atoms with Crippen molar-refractivity contribution in [3.63, 3.8) is 0 Å². The predicted octanol–water partition coefficient (Wildman–Crippen LogP) is 3.36. The van der Waals surface area contributed by atoms with Crippen LogP contribution in [-0.4, -0.2) is 6.61 Å². The Labute approximate surface area is 83.5 Å². The Hall–Kier alpha value is -1.28. The molecule has 0 aliphatic carbocycles. The first-order chi connectivity index (χ1) is 6.92. The van der Waals surface area contributed by atoms with Crippen LogP contribution >= 0.6 is 0 Å². The lowest BCUT2D eigenvalue weighted by molar-refractivity contribution is 0.122. The molecule has 2 heteroatoms. The molecular formula is C12H14O2. The molecule has 14 heavy (non-hydrogen) atoms. The molecule has 1 aromatic heterocycles. The van der Waals surface area contributed by atoms with Crippen molar-refractivity contribution in [3.05, 3.63) is 36.1 Å². The summed E-state index contributed by atoms with van der Waals surface area (Å²) in [5.41, 5.74) is 2.07. The Bertz CT molecular complexity index is 403. The Morgan fingerprint density at radius 3 is 3.00 bits per heavy atom. The minimum atomic E-state index is 0.644. The van der Waals surface area contributed by atoms with Crippen molar-refractivity contribution in [1.29, 1.82) is 0 Å². The van der Waals surface area contributed by atoms with Gasteiger partial charge in [-0.1, -0.05) is 25.1 Å². The van der Waals surface area contributed by atoms with Crippen LogP contribution in [0.25, 0.3) is 11.0 Å². The third-order valence-corrected chi connectivity index (χ3v) is 2.17. The maximum absolute atomic E-state index is 5.48. The van der Waals surface area contributed by atoms with Gasteiger partial charge in [-0.2, -0.15) is 0 Å². The monoisotopic (exact) mass is 190 g/mol. The van der Waals surface area contributed by atoms with Gasteiger partial charge in [0.05, 0.1) is 12.9 Å². The van der Waals surface area contributed by atoms with Gasteiger partial charge in [-0.15, -0.1) is 0 Å². The SMILES string of the molecule is CCCOCc1coc2ccccc12. The van der Waals surface area contributed by atoms with Crippen molar-refractivity contribution < 1.29 is 9.15 Å². The second-order valence-corrected chi connectivity index (χ2v) is 3.31. The van der Waals surface area contributed by atoms with Gasteiger partial charge < -0.3 is 9.15 Å². The van der Waals surface area contributed by atoms with E-state index in [0.717, 1.165) is 29.6 Å². The van der Waals surface area contributed by atoms with Crippen molar-refractivity contribution in [1.82, 2.24) is 0 Å². The Morgan fingerprint density at radius 2 is 2.14 bits per heavy atom. The third-order valence-electron chi connectivity index (χ3n) is 2.17. The number of rotatable bonds is 4. The first-order valence-electron chi connectivity index (χ1n) is 4.94. The fraction of sp³-hybridized carbons (Fsp3) is 0.333. The van der Waals surface area contributed by atoms with Crippen molar-refractivity contribution >= 4 is 11.0 Å². The van der Waals surface area contributed by atoms with Crippen LogP contribution < -0.4 is 0 Å². The summed E-state index contributed by atoms with van der Waals surface area (Å²) in [4.78, 5) is 0. The Morgan fingerprint density at radius 1 is 1.29 bits per heavy atom. The van der Waals surface area contributed by atoms with E-state index in [0.29, 0.717) is 6.61 Å². The highest BCUT2D eigenvalue weighted by atomic mass is 16.5. The molecule has 0 atom stereocenters. The van der Waals surface area contributed by atoms with Crippen LogP contribution in [0.3, 0.4) is 0 Å². The average Bonchev–Trinajstić information content (AvgIpc) is 2.63. The molecule has 0 spiro atoms. The number of benzene rings is 1. The molecule has 0 saturated carbocycles. The summed E-state index contributed by atoms with van der Waals surface area (Å²) in [6, 6.07) is 8.02. The first kappa shape index (κ1) is 9.28. The van der Waals surface area contributed by atoms with Crippen LogP contribution in [-0.2, 0) is 11.3 Å². The second kappa shape index (κ2) is 4.29. The van der Waals surface area contributed by atoms with E-state index in [9.17, 15) is 0 Å². The molecule has 0 fully saturated rings. The molecule has 74 valence electrons. The quantitative estimate of drug-likeness (QED) is 0.690. The van der Waals surface area contributed by atoms with Crippen molar-refractivity contribution in [2.24, 2.45) is 0 Å². The van der Waals surface area contributed by atoms with E-state index in [-0.39, 0.29) is 0 Å². The van der Waals surface area contributed by atoms with E-state index in [1.54, 1.807) is 6.26 Å². The molecule has 2 aromatic rings. The van der Waals surface area contributed by atoms with Crippen molar-refractivity contribution in [3.8, 4) is 0 Å². The summed E-state index contributed by atoms with van der Waals surface area (Å²) < 4.78 is 10.9. The topological polar surface area (TPSA) is 22.4 Å². The maximum atomic E-state index is 5.48. The van der Waals surface area contributed by atoms with Crippen LogP contribution in [0.4, 0.5) is 0 Å². The van der Waals surface area contributed by atoms with Gasteiger partial charge in [0.25, 0.3) is 0 Å². The number of para-hydroxylation sites is 1. The second-order valence-electron chi connectivity index (χ2n) is 3.31. The molecule has 0 saturated heterocycles. The normalized spacial score (nSPS) is 10.9. The summed E-state index contributed by atoms with van der Waals surface area (Å²) in [6.07, 6.45) is 2.83. The fourth-order valence-corrected chi connectivity index (χ4v) is 1.47. The molecule has 1 aromatic carbocycles. The van der Waals surface area contributed by atoms with Gasteiger partial charge in [0.2, 0.25) is 0 Å². The molecule has 0 unspecified atom stereocenters. The summed E-state index contributed by atoms with van der Waals surface area (Å²) in [7, 11) is 0. The van der Waals surface area contributed by atoms with Crippen molar-refractivity contribution in [2.75, 3.05) is 6.61 Å². The lowest BCUT2D eigenvalue weighted by Crippen LogP contribution is -1.92. The maximum Gasteiger partial charge on any atom is 0.134 e. The van der Waals surface area contributed by atoms with Crippen LogP contribution in [0.1, 0.15) is 18.9 Å². The van der Waals surface area contributed by atoms with Gasteiger partial charge >= 0.3 is 0 Å². The van der Waals surface area contributed by atoms with Gasteiger partial charge in [0, 0.05) is 17.6 Å². The minimum absolute atomic E-state index is 0.644. The number of hydrogen-bond donors (Lipinski definition) is 0. The number of furan rings is 1. The molecule has 1 heterocycles. The summed E-state index contributed by atoms with van der Waals surface area (Å²) in [5, 5.41) is 1.16. The van der Waals surface area contributed by atoms with E-state index in [2.05, 4.69) is 13.0 Å². The van der Waals surface area contributed by atoms with Gasteiger partial charge in [0.1, 0.15) is 5.58 Å². The zero-order chi connectivity index (χ0) is 9.80. The summed E-state index contributed by atoms with van der Waals surface area (Å²) >= 11 is 0. The molecule has 0 N–H and O–H groups in total. The Balaban J connectivity index is 2.17. The molecule has 2 rings (SSSR count). The number of hydrogen-bond acceptors (Lipinski definition) is 2. The Kier molecular flexibility index (Phi) is 2.84. The van der Waals surface area contributed by atoms with E-state index in [4.69, 9.17) is 9.15 Å². The van der Waals surface area contributed by atoms with Crippen LogP contribution in [0.5, 0.6) is 0 Å². The highest BCUT2D eigenvalue weighted by molar-refractivity contribution is 5.80. The van der Waals surface area contributed by atoms with Gasteiger partial charge in [0.15, 0.2) is 0 Å². The van der Waals surface area contributed by atoms with E-state index >= 15 is 0 Å². The molecule has 2 nitrogen and oxygen atoms in total. The third kappa shape index (κ3) is 1.80. The first-order valence-corrected chi connectivity index (χ1v) is 4.94. The lowest BCUT2D eigenvalue weighted by Gasteiger charge is -1.99. The van der Waals surface area contributed by atoms with Crippen LogP contribution in [0.2, 0.25) is 0 Å². The van der Waals surface area contributed by atoms with E-state index < -0.39 is 0 Å². The van der Waals surface area contributed by atoms with Gasteiger partial charge in [-0.05, 0) is 12.5 Å². The average molecular weight is 190 g/mol. The fourth-order valence-electron chi connectivity index (χ4n) is 1.47. The molecule has 0 amide bonds. The molecule has 0 bridgehead atoms. The largest absolute Gasteiger partial charge is 0.464 e. The molecule has 0 aliphatic heterocycles. The number of ether oxygens (including phenoxy) is 1. The minimum Gasteiger partial charge on any atom is -0.464 e. The lowest BCUT2D eigenvalue weighted by atomic mass is 10.2. The molecule has 0 radical (unpaired) electrons. The zero-order valence-electron chi connectivity index (χ0n) is 8.32. The highest BCUT2D eigenvalue weighted by Crippen LogP contribution is 2.21. The van der Waals surface area contributed by atoms with Crippen molar-refractivity contribution in [2.45, 2.75) is 20.0 Å². The summed E-state index contributed by atoms with van der Waals surface area (Å²) in [5.74, 6) is 0.